The van der Waals surface area contributed by atoms with E-state index in [2.05, 4.69) is 0 Å². The van der Waals surface area contributed by atoms with Crippen molar-refractivity contribution in [3.8, 4) is 0 Å². The maximum Gasteiger partial charge on any atom is 0.306 e. The normalized spacial score (nSPS) is 21.8. The first kappa shape index (κ1) is 19.8. The fraction of sp³-hybridized carbons (Fsp3) is 0.556. The number of hydrogen-bond acceptors (Lipinski definition) is 5. The lowest BCUT2D eigenvalue weighted by atomic mass is 10.1. The Labute approximate surface area is 158 Å². The fourth-order valence-corrected chi connectivity index (χ4v) is 5.21. The zero-order chi connectivity index (χ0) is 19.4. The van der Waals surface area contributed by atoms with Gasteiger partial charge < -0.3 is 14.7 Å². The number of nitrogens with zero attached hydrogens (tertiary/aromatic N) is 2. The number of sulfonamides is 1. The molecule has 2 saturated heterocycles. The Balaban J connectivity index is 1.84. The molecule has 1 unspecified atom stereocenters. The van der Waals surface area contributed by atoms with Gasteiger partial charge in [0.15, 0.2) is 0 Å². The molecule has 1 atom stereocenters. The molecule has 0 spiro atoms. The van der Waals surface area contributed by atoms with Crippen molar-refractivity contribution >= 4 is 21.9 Å². The molecule has 0 saturated carbocycles. The molecule has 8 nitrogen and oxygen atoms in total. The average Bonchev–Trinajstić information content (AvgIpc) is 2.68. The van der Waals surface area contributed by atoms with Gasteiger partial charge in [-0.2, -0.15) is 4.31 Å². The molecule has 2 aliphatic heterocycles. The van der Waals surface area contributed by atoms with Crippen molar-refractivity contribution in [3.63, 3.8) is 0 Å². The van der Waals surface area contributed by atoms with E-state index >= 15 is 0 Å². The Hall–Kier alpha value is -1.97. The molecule has 2 heterocycles. The fourth-order valence-electron chi connectivity index (χ4n) is 3.51. The number of hydrogen-bond donors (Lipinski definition) is 1. The predicted octanol–water partition coefficient (Wildman–Crippen LogP) is 1.18. The molecule has 1 N–H and O–H groups in total. The summed E-state index contributed by atoms with van der Waals surface area (Å²) in [5.74, 6) is -1.41. The highest BCUT2D eigenvalue weighted by Crippen LogP contribution is 2.25. The number of morpholine rings is 1. The first-order chi connectivity index (χ1) is 12.9. The number of amides is 1. The van der Waals surface area contributed by atoms with Crippen LogP contribution in [0, 0.1) is 0 Å². The molecule has 27 heavy (non-hydrogen) atoms. The van der Waals surface area contributed by atoms with Crippen LogP contribution in [0.25, 0.3) is 0 Å². The van der Waals surface area contributed by atoms with E-state index in [1.54, 1.807) is 12.1 Å². The first-order valence-electron chi connectivity index (χ1n) is 9.11. The van der Waals surface area contributed by atoms with Crippen LogP contribution >= 0.6 is 0 Å². The molecule has 0 bridgehead atoms. The van der Waals surface area contributed by atoms with Crippen LogP contribution in [0.1, 0.15) is 36.0 Å². The molecule has 2 aliphatic rings. The highest BCUT2D eigenvalue weighted by atomic mass is 32.2. The molecule has 2 fully saturated rings. The summed E-state index contributed by atoms with van der Waals surface area (Å²) in [5, 5.41) is 8.93. The topological polar surface area (TPSA) is 104 Å². The number of carboxylic acid groups (broad SMARTS) is 1. The monoisotopic (exact) mass is 396 g/mol. The van der Waals surface area contributed by atoms with Crippen LogP contribution in [-0.4, -0.2) is 73.5 Å². The molecular weight excluding hydrogens is 372 g/mol. The van der Waals surface area contributed by atoms with Gasteiger partial charge >= 0.3 is 5.97 Å². The van der Waals surface area contributed by atoms with E-state index in [-0.39, 0.29) is 30.0 Å². The van der Waals surface area contributed by atoms with E-state index in [0.29, 0.717) is 19.6 Å². The molecule has 1 amide bonds. The summed E-state index contributed by atoms with van der Waals surface area (Å²) in [6, 6.07) is 6.23. The van der Waals surface area contributed by atoms with Gasteiger partial charge in [0, 0.05) is 26.2 Å². The van der Waals surface area contributed by atoms with E-state index in [0.717, 1.165) is 19.3 Å². The van der Waals surface area contributed by atoms with Gasteiger partial charge in [-0.25, -0.2) is 8.42 Å². The van der Waals surface area contributed by atoms with Gasteiger partial charge in [-0.1, -0.05) is 18.6 Å². The first-order valence-corrected chi connectivity index (χ1v) is 10.6. The molecular formula is C18H24N2O6S. The average molecular weight is 396 g/mol. The predicted molar refractivity (Wildman–Crippen MR) is 96.9 cm³/mol. The molecule has 0 aromatic heterocycles. The van der Waals surface area contributed by atoms with Crippen LogP contribution in [-0.2, 0) is 19.6 Å². The molecule has 148 valence electrons. The highest BCUT2D eigenvalue weighted by molar-refractivity contribution is 7.89. The molecule has 3 rings (SSSR count). The second kappa shape index (κ2) is 8.37. The van der Waals surface area contributed by atoms with Gasteiger partial charge in [0.25, 0.3) is 5.91 Å². The van der Waals surface area contributed by atoms with Gasteiger partial charge in [0.2, 0.25) is 10.0 Å². The summed E-state index contributed by atoms with van der Waals surface area (Å²) < 4.78 is 33.0. The minimum Gasteiger partial charge on any atom is -0.481 e. The SMILES string of the molecule is O=C(O)CC1CN(C(=O)c2ccccc2S(=O)(=O)N2CCCCC2)CCO1. The molecule has 9 heteroatoms. The maximum absolute atomic E-state index is 13.1. The Morgan fingerprint density at radius 2 is 1.81 bits per heavy atom. The lowest BCUT2D eigenvalue weighted by Crippen LogP contribution is -2.46. The second-order valence-corrected chi connectivity index (χ2v) is 8.71. The zero-order valence-corrected chi connectivity index (χ0v) is 15.9. The van der Waals surface area contributed by atoms with Crippen molar-refractivity contribution in [2.75, 3.05) is 32.8 Å². The number of carboxylic acids is 1. The van der Waals surface area contributed by atoms with E-state index in [4.69, 9.17) is 9.84 Å². The van der Waals surface area contributed by atoms with Crippen LogP contribution in [0.3, 0.4) is 0 Å². The van der Waals surface area contributed by atoms with E-state index in [9.17, 15) is 18.0 Å². The van der Waals surface area contributed by atoms with E-state index in [1.807, 2.05) is 0 Å². The number of carbonyl (C=O) groups is 2. The van der Waals surface area contributed by atoms with Crippen LogP contribution in [0.4, 0.5) is 0 Å². The third-order valence-corrected chi connectivity index (χ3v) is 6.84. The zero-order valence-electron chi connectivity index (χ0n) is 15.0. The van der Waals surface area contributed by atoms with Crippen molar-refractivity contribution in [1.29, 1.82) is 0 Å². The Morgan fingerprint density at radius 1 is 1.11 bits per heavy atom. The quantitative estimate of drug-likeness (QED) is 0.801. The lowest BCUT2D eigenvalue weighted by Gasteiger charge is -2.33. The molecule has 0 radical (unpaired) electrons. The van der Waals surface area contributed by atoms with Gasteiger partial charge in [0.05, 0.1) is 29.6 Å². The molecule has 1 aromatic carbocycles. The summed E-state index contributed by atoms with van der Waals surface area (Å²) in [7, 11) is -3.75. The summed E-state index contributed by atoms with van der Waals surface area (Å²) in [4.78, 5) is 25.4. The summed E-state index contributed by atoms with van der Waals surface area (Å²) >= 11 is 0. The van der Waals surface area contributed by atoms with E-state index < -0.39 is 28.0 Å². The maximum atomic E-state index is 13.1. The second-order valence-electron chi connectivity index (χ2n) is 6.80. The van der Waals surface area contributed by atoms with Crippen molar-refractivity contribution in [2.24, 2.45) is 0 Å². The molecule has 0 aliphatic carbocycles. The van der Waals surface area contributed by atoms with Crippen molar-refractivity contribution < 1.29 is 27.9 Å². The summed E-state index contributed by atoms with van der Waals surface area (Å²) in [6.45, 7) is 1.58. The van der Waals surface area contributed by atoms with Crippen LogP contribution in [0.2, 0.25) is 0 Å². The van der Waals surface area contributed by atoms with Gasteiger partial charge in [-0.05, 0) is 25.0 Å². The number of benzene rings is 1. The largest absolute Gasteiger partial charge is 0.481 e. The molecule has 1 aromatic rings. The van der Waals surface area contributed by atoms with Crippen LogP contribution in [0.5, 0.6) is 0 Å². The van der Waals surface area contributed by atoms with Gasteiger partial charge in [-0.15, -0.1) is 0 Å². The van der Waals surface area contributed by atoms with Gasteiger partial charge in [0.1, 0.15) is 0 Å². The number of ether oxygens (including phenoxy) is 1. The minimum atomic E-state index is -3.75. The standard InChI is InChI=1S/C18H24N2O6S/c21-17(22)12-14-13-19(10-11-26-14)18(23)15-6-2-3-7-16(15)27(24,25)20-8-4-1-5-9-20/h2-3,6-7,14H,1,4-5,8-13H2,(H,21,22). The minimum absolute atomic E-state index is 0.0122. The Morgan fingerprint density at radius 3 is 2.52 bits per heavy atom. The van der Waals surface area contributed by atoms with Crippen LogP contribution < -0.4 is 0 Å². The highest BCUT2D eigenvalue weighted by Gasteiger charge is 2.33. The number of rotatable bonds is 5. The number of aliphatic carboxylic acids is 1. The van der Waals surface area contributed by atoms with Crippen molar-refractivity contribution in [3.05, 3.63) is 29.8 Å². The number of carbonyl (C=O) groups excluding carboxylic acids is 1. The number of piperidine rings is 1. The van der Waals surface area contributed by atoms with Crippen molar-refractivity contribution in [1.82, 2.24) is 9.21 Å². The summed E-state index contributed by atoms with van der Waals surface area (Å²) in [5.41, 5.74) is 0.124. The Bertz CT molecular complexity index is 804. The summed E-state index contributed by atoms with van der Waals surface area (Å²) in [6.07, 6.45) is 1.85. The van der Waals surface area contributed by atoms with Crippen molar-refractivity contribution in [2.45, 2.75) is 36.7 Å². The lowest BCUT2D eigenvalue weighted by molar-refractivity contribution is -0.141. The smallest absolute Gasteiger partial charge is 0.306 e. The van der Waals surface area contributed by atoms with E-state index in [1.165, 1.54) is 21.3 Å². The Kier molecular flexibility index (Phi) is 6.13. The third kappa shape index (κ3) is 4.48. The third-order valence-electron chi connectivity index (χ3n) is 4.88. The van der Waals surface area contributed by atoms with Crippen LogP contribution in [0.15, 0.2) is 29.2 Å². The van der Waals surface area contributed by atoms with Gasteiger partial charge in [-0.3, -0.25) is 9.59 Å².